The summed E-state index contributed by atoms with van der Waals surface area (Å²) in [5.74, 6) is 0.749. The van der Waals surface area contributed by atoms with Crippen molar-refractivity contribution in [3.05, 3.63) is 64.7 Å². The molecule has 0 unspecified atom stereocenters. The van der Waals surface area contributed by atoms with E-state index in [0.29, 0.717) is 33.6 Å². The number of para-hydroxylation sites is 1. The Labute approximate surface area is 185 Å². The first kappa shape index (κ1) is 21.6. The molecule has 31 heavy (non-hydrogen) atoms. The molecule has 0 spiro atoms. The molecule has 1 fully saturated rings. The number of hydrogen-bond acceptors (Lipinski definition) is 4. The van der Waals surface area contributed by atoms with Gasteiger partial charge in [0.05, 0.1) is 22.3 Å². The molecule has 1 N–H and O–H groups in total. The van der Waals surface area contributed by atoms with Gasteiger partial charge in [-0.1, -0.05) is 50.6 Å². The Morgan fingerprint density at radius 3 is 2.68 bits per heavy atom. The number of nitrogens with one attached hydrogen (secondary N) is 1. The lowest BCUT2D eigenvalue weighted by atomic mass is 9.78. The SMILES string of the molecule is C[C@H]1[C@H](C)CCC[C@@H]1NC(=O)CSc1nc2ccccc2c(=O)n1-c1ccc(F)cc1. The maximum absolute atomic E-state index is 13.4. The fraction of sp³-hybridized carbons (Fsp3) is 0.375. The predicted octanol–water partition coefficient (Wildman–Crippen LogP) is 4.56. The molecule has 5 nitrogen and oxygen atoms in total. The van der Waals surface area contributed by atoms with Crippen LogP contribution in [0.15, 0.2) is 58.5 Å². The van der Waals surface area contributed by atoms with Crippen LogP contribution in [0.1, 0.15) is 33.1 Å². The van der Waals surface area contributed by atoms with Gasteiger partial charge in [0.2, 0.25) is 5.91 Å². The third kappa shape index (κ3) is 4.66. The molecule has 0 bridgehead atoms. The number of thioether (sulfide) groups is 1. The number of amides is 1. The number of rotatable bonds is 5. The monoisotopic (exact) mass is 439 g/mol. The van der Waals surface area contributed by atoms with Crippen LogP contribution < -0.4 is 10.9 Å². The number of nitrogens with zero attached hydrogens (tertiary/aromatic N) is 2. The minimum Gasteiger partial charge on any atom is -0.352 e. The predicted molar refractivity (Wildman–Crippen MR) is 122 cm³/mol. The van der Waals surface area contributed by atoms with Crippen molar-refractivity contribution >= 4 is 28.6 Å². The molecule has 1 amide bonds. The van der Waals surface area contributed by atoms with Gasteiger partial charge in [0.15, 0.2) is 5.16 Å². The third-order valence-electron chi connectivity index (χ3n) is 6.22. The fourth-order valence-corrected chi connectivity index (χ4v) is 5.02. The van der Waals surface area contributed by atoms with Crippen molar-refractivity contribution in [3.63, 3.8) is 0 Å². The molecular weight excluding hydrogens is 413 g/mol. The Bertz CT molecular complexity index is 1150. The van der Waals surface area contributed by atoms with Crippen molar-refractivity contribution in [1.82, 2.24) is 14.9 Å². The Morgan fingerprint density at radius 2 is 1.90 bits per heavy atom. The van der Waals surface area contributed by atoms with Gasteiger partial charge in [0.1, 0.15) is 5.82 Å². The van der Waals surface area contributed by atoms with Gasteiger partial charge < -0.3 is 5.32 Å². The molecule has 7 heteroatoms. The van der Waals surface area contributed by atoms with Crippen LogP contribution in [-0.4, -0.2) is 27.3 Å². The van der Waals surface area contributed by atoms with Crippen molar-refractivity contribution in [3.8, 4) is 5.69 Å². The average Bonchev–Trinajstić information content (AvgIpc) is 2.76. The highest BCUT2D eigenvalue weighted by Crippen LogP contribution is 2.29. The summed E-state index contributed by atoms with van der Waals surface area (Å²) in [4.78, 5) is 30.5. The molecule has 1 aromatic heterocycles. The molecule has 1 aliphatic rings. The van der Waals surface area contributed by atoms with Crippen molar-refractivity contribution in [1.29, 1.82) is 0 Å². The smallest absolute Gasteiger partial charge is 0.266 e. The summed E-state index contributed by atoms with van der Waals surface area (Å²) in [5.41, 5.74) is 0.848. The van der Waals surface area contributed by atoms with Gasteiger partial charge in [-0.15, -0.1) is 0 Å². The lowest BCUT2D eigenvalue weighted by molar-refractivity contribution is -0.120. The molecule has 4 rings (SSSR count). The van der Waals surface area contributed by atoms with Crippen LogP contribution in [0.5, 0.6) is 0 Å². The standard InChI is InChI=1S/C24H26FN3O2S/c1-15-6-5-9-20(16(15)2)26-22(29)14-31-24-27-21-8-4-3-7-19(21)23(30)28(24)18-12-10-17(25)11-13-18/h3-4,7-8,10-13,15-16,20H,5-6,9,14H2,1-2H3,(H,26,29)/t15-,16+,20+/m1/s1. The Hall–Kier alpha value is -2.67. The van der Waals surface area contributed by atoms with Crippen LogP contribution in [0, 0.1) is 17.7 Å². The topological polar surface area (TPSA) is 64.0 Å². The number of hydrogen-bond donors (Lipinski definition) is 1. The zero-order valence-electron chi connectivity index (χ0n) is 17.7. The first-order chi connectivity index (χ1) is 14.9. The maximum atomic E-state index is 13.4. The van der Waals surface area contributed by atoms with Gasteiger partial charge >= 0.3 is 0 Å². The number of carbonyl (C=O) groups excluding carboxylic acids is 1. The molecule has 0 saturated heterocycles. The van der Waals surface area contributed by atoms with E-state index in [-0.39, 0.29) is 29.1 Å². The van der Waals surface area contributed by atoms with Crippen molar-refractivity contribution in [2.24, 2.45) is 11.8 Å². The van der Waals surface area contributed by atoms with E-state index in [2.05, 4.69) is 24.1 Å². The van der Waals surface area contributed by atoms with Gasteiger partial charge in [-0.2, -0.15) is 0 Å². The maximum Gasteiger partial charge on any atom is 0.266 e. The quantitative estimate of drug-likeness (QED) is 0.468. The van der Waals surface area contributed by atoms with E-state index in [0.717, 1.165) is 12.8 Å². The lowest BCUT2D eigenvalue weighted by Crippen LogP contribution is -2.44. The largest absolute Gasteiger partial charge is 0.352 e. The zero-order valence-corrected chi connectivity index (χ0v) is 18.5. The van der Waals surface area contributed by atoms with E-state index in [9.17, 15) is 14.0 Å². The molecule has 1 saturated carbocycles. The second-order valence-corrected chi connectivity index (χ2v) is 9.20. The van der Waals surface area contributed by atoms with Gasteiger partial charge in [0.25, 0.3) is 5.56 Å². The number of fused-ring (bicyclic) bond motifs is 1. The van der Waals surface area contributed by atoms with E-state index < -0.39 is 0 Å². The lowest BCUT2D eigenvalue weighted by Gasteiger charge is -2.34. The van der Waals surface area contributed by atoms with Gasteiger partial charge in [-0.3, -0.25) is 14.2 Å². The van der Waals surface area contributed by atoms with Crippen LogP contribution in [0.4, 0.5) is 4.39 Å². The van der Waals surface area contributed by atoms with E-state index in [1.54, 1.807) is 30.3 Å². The molecule has 3 atom stereocenters. The molecule has 162 valence electrons. The minimum atomic E-state index is -0.380. The van der Waals surface area contributed by atoms with Gasteiger partial charge in [0, 0.05) is 6.04 Å². The summed E-state index contributed by atoms with van der Waals surface area (Å²) in [6.45, 7) is 4.43. The second kappa shape index (κ2) is 9.22. The highest BCUT2D eigenvalue weighted by atomic mass is 32.2. The Kier molecular flexibility index (Phi) is 6.41. The Balaban J connectivity index is 1.60. The van der Waals surface area contributed by atoms with Crippen molar-refractivity contribution in [2.45, 2.75) is 44.3 Å². The van der Waals surface area contributed by atoms with E-state index >= 15 is 0 Å². The molecule has 0 aliphatic heterocycles. The third-order valence-corrected chi connectivity index (χ3v) is 7.15. The van der Waals surface area contributed by atoms with Crippen LogP contribution in [0.3, 0.4) is 0 Å². The highest BCUT2D eigenvalue weighted by molar-refractivity contribution is 7.99. The number of aromatic nitrogens is 2. The summed E-state index contributed by atoms with van der Waals surface area (Å²) in [6, 6.07) is 13.0. The normalized spacial score (nSPS) is 21.2. The minimum absolute atomic E-state index is 0.0657. The number of carbonyl (C=O) groups is 1. The molecule has 1 heterocycles. The highest BCUT2D eigenvalue weighted by Gasteiger charge is 2.28. The summed E-state index contributed by atoms with van der Waals surface area (Å²) in [6.07, 6.45) is 3.32. The molecule has 3 aromatic rings. The van der Waals surface area contributed by atoms with Gasteiger partial charge in [-0.05, 0) is 54.7 Å². The van der Waals surface area contributed by atoms with Crippen LogP contribution in [0.2, 0.25) is 0 Å². The van der Waals surface area contributed by atoms with Crippen LogP contribution in [-0.2, 0) is 4.79 Å². The second-order valence-electron chi connectivity index (χ2n) is 8.26. The van der Waals surface area contributed by atoms with Crippen molar-refractivity contribution in [2.75, 3.05) is 5.75 Å². The van der Waals surface area contributed by atoms with Gasteiger partial charge in [-0.25, -0.2) is 9.37 Å². The molecule has 0 radical (unpaired) electrons. The van der Waals surface area contributed by atoms with Crippen LogP contribution >= 0.6 is 11.8 Å². The summed E-state index contributed by atoms with van der Waals surface area (Å²) in [5, 5.41) is 4.05. The number of benzene rings is 2. The summed E-state index contributed by atoms with van der Waals surface area (Å²) in [7, 11) is 0. The van der Waals surface area contributed by atoms with Crippen LogP contribution in [0.25, 0.3) is 16.6 Å². The summed E-state index contributed by atoms with van der Waals surface area (Å²) < 4.78 is 14.9. The molecule has 2 aromatic carbocycles. The van der Waals surface area contributed by atoms with E-state index in [1.165, 1.54) is 34.9 Å². The fourth-order valence-electron chi connectivity index (χ4n) is 4.19. The first-order valence-electron chi connectivity index (χ1n) is 10.6. The molecule has 1 aliphatic carbocycles. The number of halogens is 1. The zero-order chi connectivity index (χ0) is 22.0. The first-order valence-corrected chi connectivity index (χ1v) is 11.6. The van der Waals surface area contributed by atoms with E-state index in [1.807, 2.05) is 6.07 Å². The summed E-state index contributed by atoms with van der Waals surface area (Å²) >= 11 is 1.22. The average molecular weight is 440 g/mol. The van der Waals surface area contributed by atoms with Crippen molar-refractivity contribution < 1.29 is 9.18 Å². The molecular formula is C24H26FN3O2S. The Morgan fingerprint density at radius 1 is 1.16 bits per heavy atom. The van der Waals surface area contributed by atoms with E-state index in [4.69, 9.17) is 0 Å².